The summed E-state index contributed by atoms with van der Waals surface area (Å²) in [5.74, 6) is 1.71. The highest BCUT2D eigenvalue weighted by atomic mass is 16.5. The van der Waals surface area contributed by atoms with E-state index in [4.69, 9.17) is 4.74 Å². The normalized spacial score (nSPS) is 18.4. The van der Waals surface area contributed by atoms with E-state index in [0.29, 0.717) is 6.61 Å². The lowest BCUT2D eigenvalue weighted by molar-refractivity contribution is 0.0350. The summed E-state index contributed by atoms with van der Waals surface area (Å²) >= 11 is 0. The summed E-state index contributed by atoms with van der Waals surface area (Å²) in [6.07, 6.45) is 4.89. The van der Waals surface area contributed by atoms with Gasteiger partial charge in [-0.15, -0.1) is 0 Å². The molecule has 0 radical (unpaired) electrons. The van der Waals surface area contributed by atoms with Crippen LogP contribution in [0.2, 0.25) is 0 Å². The van der Waals surface area contributed by atoms with Gasteiger partial charge in [-0.05, 0) is 25.8 Å². The quantitative estimate of drug-likeness (QED) is 0.895. The molecule has 3 heterocycles. The third-order valence-corrected chi connectivity index (χ3v) is 3.68. The first kappa shape index (κ1) is 14.6. The number of anilines is 1. The molecule has 1 aliphatic heterocycles. The van der Waals surface area contributed by atoms with E-state index in [1.807, 2.05) is 13.0 Å². The fourth-order valence-electron chi connectivity index (χ4n) is 2.58. The molecule has 1 fully saturated rings. The number of hydrogen-bond donors (Lipinski definition) is 1. The minimum atomic E-state index is -0.118. The molecule has 0 spiro atoms. The number of aromatic nitrogens is 4. The number of hydrogen-bond acceptors (Lipinski definition) is 6. The molecule has 7 nitrogen and oxygen atoms in total. The van der Waals surface area contributed by atoms with E-state index in [1.54, 1.807) is 6.20 Å². The van der Waals surface area contributed by atoms with Crippen molar-refractivity contribution in [1.82, 2.24) is 19.9 Å². The standard InChI is InChI=1S/C15H19N5O2/c1-11-16-5-4-14(19-11)20-6-7-22-13(9-20)3-2-12-8-15(21)18-10-17-12/h4-5,8,10,13H,2-3,6-7,9H2,1H3,(H,17,18,21)/t13-/m0/s1. The Morgan fingerprint density at radius 1 is 1.45 bits per heavy atom. The number of nitrogens with one attached hydrogen (secondary N) is 1. The number of nitrogens with zero attached hydrogens (tertiary/aromatic N) is 4. The van der Waals surface area contributed by atoms with Gasteiger partial charge in [0.25, 0.3) is 5.56 Å². The van der Waals surface area contributed by atoms with Crippen LogP contribution in [0.25, 0.3) is 0 Å². The topological polar surface area (TPSA) is 84.0 Å². The summed E-state index contributed by atoms with van der Waals surface area (Å²) in [4.78, 5) is 28.8. The van der Waals surface area contributed by atoms with Gasteiger partial charge in [0.15, 0.2) is 0 Å². The molecule has 1 N–H and O–H groups in total. The van der Waals surface area contributed by atoms with Gasteiger partial charge in [-0.1, -0.05) is 0 Å². The van der Waals surface area contributed by atoms with E-state index in [0.717, 1.165) is 43.3 Å². The zero-order chi connectivity index (χ0) is 15.4. The van der Waals surface area contributed by atoms with Gasteiger partial charge in [-0.3, -0.25) is 4.79 Å². The number of aromatic amines is 1. The van der Waals surface area contributed by atoms with Gasteiger partial charge in [0, 0.05) is 31.0 Å². The molecule has 0 unspecified atom stereocenters. The number of H-pyrrole nitrogens is 1. The molecule has 2 aromatic rings. The van der Waals surface area contributed by atoms with Crippen molar-refractivity contribution >= 4 is 5.82 Å². The molecule has 0 saturated carbocycles. The molecular weight excluding hydrogens is 282 g/mol. The second-order valence-corrected chi connectivity index (χ2v) is 5.34. The van der Waals surface area contributed by atoms with Crippen LogP contribution in [0.5, 0.6) is 0 Å². The fourth-order valence-corrected chi connectivity index (χ4v) is 2.58. The highest BCUT2D eigenvalue weighted by Gasteiger charge is 2.21. The van der Waals surface area contributed by atoms with Crippen LogP contribution < -0.4 is 10.5 Å². The molecular formula is C15H19N5O2. The lowest BCUT2D eigenvalue weighted by Gasteiger charge is -2.33. The molecule has 0 bridgehead atoms. The first-order valence-corrected chi connectivity index (χ1v) is 7.40. The van der Waals surface area contributed by atoms with Gasteiger partial charge in [0.1, 0.15) is 11.6 Å². The monoisotopic (exact) mass is 301 g/mol. The van der Waals surface area contributed by atoms with Crippen LogP contribution in [-0.4, -0.2) is 45.7 Å². The zero-order valence-electron chi connectivity index (χ0n) is 12.5. The number of morpholine rings is 1. The maximum atomic E-state index is 11.3. The maximum absolute atomic E-state index is 11.3. The third kappa shape index (κ3) is 3.67. The number of aryl methyl sites for hydroxylation is 2. The van der Waals surface area contributed by atoms with Gasteiger partial charge >= 0.3 is 0 Å². The first-order chi connectivity index (χ1) is 10.7. The molecule has 1 atom stereocenters. The Morgan fingerprint density at radius 3 is 3.18 bits per heavy atom. The highest BCUT2D eigenvalue weighted by molar-refractivity contribution is 5.38. The third-order valence-electron chi connectivity index (χ3n) is 3.68. The molecule has 22 heavy (non-hydrogen) atoms. The van der Waals surface area contributed by atoms with Gasteiger partial charge in [-0.2, -0.15) is 0 Å². The molecule has 1 aliphatic rings. The molecule has 3 rings (SSSR count). The van der Waals surface area contributed by atoms with E-state index < -0.39 is 0 Å². The van der Waals surface area contributed by atoms with Gasteiger partial charge < -0.3 is 14.6 Å². The van der Waals surface area contributed by atoms with Gasteiger partial charge in [0.2, 0.25) is 0 Å². The Bertz CT molecular complexity index is 687. The largest absolute Gasteiger partial charge is 0.375 e. The van der Waals surface area contributed by atoms with Crippen molar-refractivity contribution < 1.29 is 4.74 Å². The molecule has 0 amide bonds. The second kappa shape index (κ2) is 6.65. The smallest absolute Gasteiger partial charge is 0.250 e. The van der Waals surface area contributed by atoms with Crippen molar-refractivity contribution in [3.8, 4) is 0 Å². The number of rotatable bonds is 4. The van der Waals surface area contributed by atoms with E-state index in [2.05, 4.69) is 24.8 Å². The minimum Gasteiger partial charge on any atom is -0.375 e. The molecule has 0 aromatic carbocycles. The Labute approximate surface area is 128 Å². The van der Waals surface area contributed by atoms with Crippen molar-refractivity contribution in [2.75, 3.05) is 24.6 Å². The van der Waals surface area contributed by atoms with Crippen molar-refractivity contribution in [3.63, 3.8) is 0 Å². The molecule has 116 valence electrons. The van der Waals surface area contributed by atoms with Crippen molar-refractivity contribution in [2.45, 2.75) is 25.9 Å². The lowest BCUT2D eigenvalue weighted by atomic mass is 10.1. The van der Waals surface area contributed by atoms with E-state index >= 15 is 0 Å². The number of ether oxygens (including phenoxy) is 1. The Morgan fingerprint density at radius 2 is 2.36 bits per heavy atom. The van der Waals surface area contributed by atoms with Crippen molar-refractivity contribution in [1.29, 1.82) is 0 Å². The summed E-state index contributed by atoms with van der Waals surface area (Å²) in [6, 6.07) is 3.46. The maximum Gasteiger partial charge on any atom is 0.250 e. The van der Waals surface area contributed by atoms with Gasteiger partial charge in [-0.25, -0.2) is 15.0 Å². The van der Waals surface area contributed by atoms with Crippen LogP contribution in [0.4, 0.5) is 5.82 Å². The van der Waals surface area contributed by atoms with Crippen molar-refractivity contribution in [2.24, 2.45) is 0 Å². The van der Waals surface area contributed by atoms with E-state index in [1.165, 1.54) is 12.4 Å². The van der Waals surface area contributed by atoms with Crippen LogP contribution in [-0.2, 0) is 11.2 Å². The first-order valence-electron chi connectivity index (χ1n) is 7.40. The van der Waals surface area contributed by atoms with E-state index in [9.17, 15) is 4.79 Å². The van der Waals surface area contributed by atoms with Crippen LogP contribution in [0.15, 0.2) is 29.5 Å². The predicted octanol–water partition coefficient (Wildman–Crippen LogP) is 0.706. The highest BCUT2D eigenvalue weighted by Crippen LogP contribution is 2.17. The summed E-state index contributed by atoms with van der Waals surface area (Å²) in [6.45, 7) is 4.19. The van der Waals surface area contributed by atoms with Crippen LogP contribution in [0.3, 0.4) is 0 Å². The molecule has 1 saturated heterocycles. The Balaban J connectivity index is 1.60. The second-order valence-electron chi connectivity index (χ2n) is 5.34. The SMILES string of the molecule is Cc1nccc(N2CCO[C@@H](CCc3cc(=O)[nH]cn3)C2)n1. The van der Waals surface area contributed by atoms with Gasteiger partial charge in [0.05, 0.1) is 19.0 Å². The Kier molecular flexibility index (Phi) is 4.43. The zero-order valence-corrected chi connectivity index (χ0v) is 12.5. The summed E-state index contributed by atoms with van der Waals surface area (Å²) in [5.41, 5.74) is 0.676. The van der Waals surface area contributed by atoms with E-state index in [-0.39, 0.29) is 11.7 Å². The van der Waals surface area contributed by atoms with Crippen LogP contribution in [0, 0.1) is 6.92 Å². The molecule has 0 aliphatic carbocycles. The predicted molar refractivity (Wildman–Crippen MR) is 81.9 cm³/mol. The molecule has 2 aromatic heterocycles. The lowest BCUT2D eigenvalue weighted by Crippen LogP contribution is -2.43. The summed E-state index contributed by atoms with van der Waals surface area (Å²) < 4.78 is 5.81. The fraction of sp³-hybridized carbons (Fsp3) is 0.467. The average Bonchev–Trinajstić information content (AvgIpc) is 2.53. The minimum absolute atomic E-state index is 0.116. The van der Waals surface area contributed by atoms with Crippen molar-refractivity contribution in [3.05, 3.63) is 46.5 Å². The molecule has 7 heteroatoms. The summed E-state index contributed by atoms with van der Waals surface area (Å²) in [7, 11) is 0. The van der Waals surface area contributed by atoms with Crippen LogP contribution in [0.1, 0.15) is 17.9 Å². The summed E-state index contributed by atoms with van der Waals surface area (Å²) in [5, 5.41) is 0. The Hall–Kier alpha value is -2.28. The average molecular weight is 301 g/mol. The van der Waals surface area contributed by atoms with Crippen LogP contribution >= 0.6 is 0 Å².